The average molecular weight is 270 g/mol. The first-order valence-corrected chi connectivity index (χ1v) is 5.99. The minimum atomic E-state index is -0.505. The molecule has 1 rings (SSSR count). The SMILES string of the molecule is CCC(CO)NC(=O)Cn1nc(C)c([N+](=O)[O-])c1C. The molecule has 0 fully saturated rings. The third-order valence-electron chi connectivity index (χ3n) is 2.90. The summed E-state index contributed by atoms with van der Waals surface area (Å²) < 4.78 is 1.30. The molecule has 1 unspecified atom stereocenters. The molecular weight excluding hydrogens is 252 g/mol. The highest BCUT2D eigenvalue weighted by molar-refractivity contribution is 5.76. The maximum atomic E-state index is 11.7. The van der Waals surface area contributed by atoms with E-state index in [1.165, 1.54) is 11.6 Å². The Labute approximate surface area is 110 Å². The zero-order valence-corrected chi connectivity index (χ0v) is 11.2. The fourth-order valence-corrected chi connectivity index (χ4v) is 1.79. The summed E-state index contributed by atoms with van der Waals surface area (Å²) in [5.41, 5.74) is 0.557. The molecule has 1 amide bonds. The van der Waals surface area contributed by atoms with Gasteiger partial charge in [0, 0.05) is 0 Å². The summed E-state index contributed by atoms with van der Waals surface area (Å²) in [5.74, 6) is -0.332. The molecule has 8 nitrogen and oxygen atoms in total. The van der Waals surface area contributed by atoms with Crippen molar-refractivity contribution >= 4 is 11.6 Å². The fourth-order valence-electron chi connectivity index (χ4n) is 1.79. The van der Waals surface area contributed by atoms with Gasteiger partial charge >= 0.3 is 5.69 Å². The van der Waals surface area contributed by atoms with Gasteiger partial charge in [-0.25, -0.2) is 0 Å². The van der Waals surface area contributed by atoms with E-state index in [-0.39, 0.29) is 36.5 Å². The van der Waals surface area contributed by atoms with Gasteiger partial charge in [-0.1, -0.05) is 6.92 Å². The van der Waals surface area contributed by atoms with Crippen LogP contribution in [0.2, 0.25) is 0 Å². The molecule has 2 N–H and O–H groups in total. The van der Waals surface area contributed by atoms with Gasteiger partial charge in [-0.2, -0.15) is 5.10 Å². The summed E-state index contributed by atoms with van der Waals surface area (Å²) in [4.78, 5) is 22.1. The minimum Gasteiger partial charge on any atom is -0.394 e. The zero-order chi connectivity index (χ0) is 14.6. The Morgan fingerprint density at radius 1 is 1.58 bits per heavy atom. The highest BCUT2D eigenvalue weighted by Gasteiger charge is 2.23. The van der Waals surface area contributed by atoms with Gasteiger partial charge in [0.1, 0.15) is 17.9 Å². The summed E-state index contributed by atoms with van der Waals surface area (Å²) in [6, 6.07) is -0.306. The lowest BCUT2D eigenvalue weighted by atomic mass is 10.2. The Kier molecular flexibility index (Phi) is 4.99. The lowest BCUT2D eigenvalue weighted by molar-refractivity contribution is -0.386. The van der Waals surface area contributed by atoms with E-state index >= 15 is 0 Å². The number of hydrogen-bond acceptors (Lipinski definition) is 5. The van der Waals surface area contributed by atoms with Crippen LogP contribution in [0.5, 0.6) is 0 Å². The Bertz CT molecular complexity index is 479. The Morgan fingerprint density at radius 3 is 2.63 bits per heavy atom. The molecule has 1 heterocycles. The first kappa shape index (κ1) is 15.1. The van der Waals surface area contributed by atoms with Gasteiger partial charge in [-0.15, -0.1) is 0 Å². The summed E-state index contributed by atoms with van der Waals surface area (Å²) in [6.07, 6.45) is 0.611. The molecule has 1 atom stereocenters. The number of nitrogens with one attached hydrogen (secondary N) is 1. The summed E-state index contributed by atoms with van der Waals surface area (Å²) in [7, 11) is 0. The molecule has 19 heavy (non-hydrogen) atoms. The van der Waals surface area contributed by atoms with E-state index in [9.17, 15) is 14.9 Å². The molecule has 0 bridgehead atoms. The third kappa shape index (κ3) is 3.50. The largest absolute Gasteiger partial charge is 0.394 e. The molecular formula is C11H18N4O4. The number of nitro groups is 1. The Morgan fingerprint density at radius 2 is 2.21 bits per heavy atom. The van der Waals surface area contributed by atoms with Gasteiger partial charge in [-0.3, -0.25) is 19.6 Å². The van der Waals surface area contributed by atoms with Gasteiger partial charge in [0.2, 0.25) is 5.91 Å². The van der Waals surface area contributed by atoms with Crippen LogP contribution in [0.25, 0.3) is 0 Å². The second-order valence-corrected chi connectivity index (χ2v) is 4.29. The van der Waals surface area contributed by atoms with Gasteiger partial charge in [0.15, 0.2) is 0 Å². The Hall–Kier alpha value is -1.96. The van der Waals surface area contributed by atoms with Crippen molar-refractivity contribution < 1.29 is 14.8 Å². The van der Waals surface area contributed by atoms with Crippen molar-refractivity contribution in [1.29, 1.82) is 0 Å². The minimum absolute atomic E-state index is 0.0676. The van der Waals surface area contributed by atoms with E-state index in [0.717, 1.165) is 0 Å². The van der Waals surface area contributed by atoms with Crippen LogP contribution in [0.4, 0.5) is 5.69 Å². The molecule has 0 radical (unpaired) electrons. The molecule has 1 aromatic heterocycles. The van der Waals surface area contributed by atoms with Crippen molar-refractivity contribution in [3.63, 3.8) is 0 Å². The maximum Gasteiger partial charge on any atom is 0.312 e. The van der Waals surface area contributed by atoms with Crippen molar-refractivity contribution in [3.8, 4) is 0 Å². The molecule has 106 valence electrons. The van der Waals surface area contributed by atoms with Crippen molar-refractivity contribution in [3.05, 3.63) is 21.5 Å². The van der Waals surface area contributed by atoms with E-state index < -0.39 is 4.92 Å². The van der Waals surface area contributed by atoms with E-state index in [1.54, 1.807) is 6.92 Å². The predicted octanol–water partition coefficient (Wildman–Crippen LogP) is 0.295. The maximum absolute atomic E-state index is 11.7. The van der Waals surface area contributed by atoms with E-state index in [4.69, 9.17) is 5.11 Å². The molecule has 1 aromatic rings. The number of hydrogen-bond donors (Lipinski definition) is 2. The predicted molar refractivity (Wildman–Crippen MR) is 67.7 cm³/mol. The van der Waals surface area contributed by atoms with Crippen molar-refractivity contribution in [2.45, 2.75) is 39.8 Å². The quantitative estimate of drug-likeness (QED) is 0.570. The molecule has 0 aliphatic carbocycles. The molecule has 0 aliphatic heterocycles. The average Bonchev–Trinajstić information content (AvgIpc) is 2.61. The molecule has 0 saturated heterocycles. The first-order chi connectivity index (χ1) is 8.90. The number of aliphatic hydroxyl groups excluding tert-OH is 1. The number of aliphatic hydroxyl groups is 1. The van der Waals surface area contributed by atoms with E-state index in [1.807, 2.05) is 6.92 Å². The fraction of sp³-hybridized carbons (Fsp3) is 0.636. The standard InChI is InChI=1S/C11H18N4O4/c1-4-9(6-16)12-10(17)5-14-8(3)11(15(18)19)7(2)13-14/h9,16H,4-6H2,1-3H3,(H,12,17). The third-order valence-corrected chi connectivity index (χ3v) is 2.90. The molecule has 0 saturated carbocycles. The summed E-state index contributed by atoms with van der Waals surface area (Å²) in [5, 5.41) is 26.4. The zero-order valence-electron chi connectivity index (χ0n) is 11.2. The number of amides is 1. The summed E-state index contributed by atoms with van der Waals surface area (Å²) in [6.45, 7) is 4.68. The number of rotatable bonds is 6. The van der Waals surface area contributed by atoms with Crippen molar-refractivity contribution in [2.75, 3.05) is 6.61 Å². The number of aryl methyl sites for hydroxylation is 1. The smallest absolute Gasteiger partial charge is 0.312 e. The van der Waals surface area contributed by atoms with Crippen LogP contribution >= 0.6 is 0 Å². The molecule has 0 aromatic carbocycles. The Balaban J connectivity index is 2.81. The topological polar surface area (TPSA) is 110 Å². The van der Waals surface area contributed by atoms with Crippen LogP contribution in [0.3, 0.4) is 0 Å². The molecule has 0 aliphatic rings. The molecule has 0 spiro atoms. The van der Waals surface area contributed by atoms with E-state index in [0.29, 0.717) is 12.1 Å². The van der Waals surface area contributed by atoms with Crippen LogP contribution in [-0.2, 0) is 11.3 Å². The van der Waals surface area contributed by atoms with Gasteiger partial charge in [-0.05, 0) is 20.3 Å². The van der Waals surface area contributed by atoms with Gasteiger partial charge in [0.05, 0.1) is 17.6 Å². The monoisotopic (exact) mass is 270 g/mol. The van der Waals surface area contributed by atoms with E-state index in [2.05, 4.69) is 10.4 Å². The second kappa shape index (κ2) is 6.28. The normalized spacial score (nSPS) is 12.2. The van der Waals surface area contributed by atoms with Gasteiger partial charge in [0.25, 0.3) is 0 Å². The summed E-state index contributed by atoms with van der Waals surface area (Å²) >= 11 is 0. The number of nitrogens with zero attached hydrogens (tertiary/aromatic N) is 3. The highest BCUT2D eigenvalue weighted by atomic mass is 16.6. The number of carbonyl (C=O) groups is 1. The molecule has 8 heteroatoms. The van der Waals surface area contributed by atoms with Crippen LogP contribution in [0.15, 0.2) is 0 Å². The lowest BCUT2D eigenvalue weighted by Crippen LogP contribution is -2.39. The highest BCUT2D eigenvalue weighted by Crippen LogP contribution is 2.21. The lowest BCUT2D eigenvalue weighted by Gasteiger charge is -2.14. The number of aromatic nitrogens is 2. The van der Waals surface area contributed by atoms with Crippen LogP contribution in [0, 0.1) is 24.0 Å². The second-order valence-electron chi connectivity index (χ2n) is 4.29. The number of carbonyl (C=O) groups excluding carboxylic acids is 1. The van der Waals surface area contributed by atoms with Crippen molar-refractivity contribution in [1.82, 2.24) is 15.1 Å². The van der Waals surface area contributed by atoms with Crippen LogP contribution < -0.4 is 5.32 Å². The van der Waals surface area contributed by atoms with Crippen LogP contribution in [0.1, 0.15) is 24.7 Å². The van der Waals surface area contributed by atoms with Gasteiger partial charge < -0.3 is 10.4 Å². The van der Waals surface area contributed by atoms with Crippen molar-refractivity contribution in [2.24, 2.45) is 0 Å². The van der Waals surface area contributed by atoms with Crippen LogP contribution in [-0.4, -0.2) is 38.4 Å². The first-order valence-electron chi connectivity index (χ1n) is 5.99.